The van der Waals surface area contributed by atoms with Crippen LogP contribution in [0.15, 0.2) is 59.7 Å². The highest BCUT2D eigenvalue weighted by Gasteiger charge is 2.12. The Morgan fingerprint density at radius 2 is 1.62 bits per heavy atom. The number of hydrazone groups is 1. The molecule has 2 aromatic rings. The van der Waals surface area contributed by atoms with E-state index in [2.05, 4.69) is 15.8 Å². The zero-order valence-electron chi connectivity index (χ0n) is 11.5. The van der Waals surface area contributed by atoms with Gasteiger partial charge in [-0.1, -0.05) is 48.0 Å². The summed E-state index contributed by atoms with van der Waals surface area (Å²) in [6, 6.07) is 16.4. The Kier molecular flexibility index (Phi) is 4.82. The van der Waals surface area contributed by atoms with E-state index in [0.717, 1.165) is 11.1 Å². The lowest BCUT2D eigenvalue weighted by molar-refractivity contribution is -0.136. The van der Waals surface area contributed by atoms with Gasteiger partial charge in [-0.3, -0.25) is 9.59 Å². The van der Waals surface area contributed by atoms with Gasteiger partial charge in [0.1, 0.15) is 0 Å². The Morgan fingerprint density at radius 3 is 2.29 bits per heavy atom. The Labute approximate surface area is 122 Å². The molecule has 0 unspecified atom stereocenters. The van der Waals surface area contributed by atoms with Gasteiger partial charge in [0.25, 0.3) is 0 Å². The summed E-state index contributed by atoms with van der Waals surface area (Å²) in [7, 11) is 0. The van der Waals surface area contributed by atoms with E-state index in [0.29, 0.717) is 5.69 Å². The van der Waals surface area contributed by atoms with Crippen molar-refractivity contribution in [2.45, 2.75) is 6.92 Å². The van der Waals surface area contributed by atoms with Gasteiger partial charge in [-0.05, 0) is 24.6 Å². The SMILES string of the molecule is Cc1ccc(/C=N/NC(=O)C(=O)Nc2ccccc2)cc1. The Hall–Kier alpha value is -2.95. The topological polar surface area (TPSA) is 70.6 Å². The predicted octanol–water partition coefficient (Wildman–Crippen LogP) is 2.08. The predicted molar refractivity (Wildman–Crippen MR) is 82.0 cm³/mol. The lowest BCUT2D eigenvalue weighted by Crippen LogP contribution is -2.32. The number of nitrogens with one attached hydrogen (secondary N) is 2. The molecule has 5 nitrogen and oxygen atoms in total. The monoisotopic (exact) mass is 281 g/mol. The summed E-state index contributed by atoms with van der Waals surface area (Å²) >= 11 is 0. The van der Waals surface area contributed by atoms with Crippen LogP contribution in [0.1, 0.15) is 11.1 Å². The Balaban J connectivity index is 1.86. The summed E-state index contributed by atoms with van der Waals surface area (Å²) in [5.41, 5.74) is 4.71. The van der Waals surface area contributed by atoms with Crippen molar-refractivity contribution in [1.82, 2.24) is 5.43 Å². The maximum absolute atomic E-state index is 11.6. The van der Waals surface area contributed by atoms with Gasteiger partial charge in [0, 0.05) is 5.69 Å². The first-order chi connectivity index (χ1) is 10.1. The van der Waals surface area contributed by atoms with Crippen LogP contribution in [0.4, 0.5) is 5.69 Å². The smallest absolute Gasteiger partial charge is 0.318 e. The molecule has 106 valence electrons. The van der Waals surface area contributed by atoms with Crippen LogP contribution in [-0.4, -0.2) is 18.0 Å². The maximum atomic E-state index is 11.6. The number of benzene rings is 2. The molecule has 0 saturated heterocycles. The third-order valence-electron chi connectivity index (χ3n) is 2.69. The molecule has 0 aliphatic rings. The third-order valence-corrected chi connectivity index (χ3v) is 2.69. The number of anilines is 1. The van der Waals surface area contributed by atoms with Crippen molar-refractivity contribution in [2.75, 3.05) is 5.32 Å². The number of carbonyl (C=O) groups excluding carboxylic acids is 2. The molecule has 0 fully saturated rings. The highest BCUT2D eigenvalue weighted by Crippen LogP contribution is 2.04. The van der Waals surface area contributed by atoms with E-state index >= 15 is 0 Å². The van der Waals surface area contributed by atoms with E-state index in [-0.39, 0.29) is 0 Å². The molecule has 0 radical (unpaired) electrons. The molecular weight excluding hydrogens is 266 g/mol. The average Bonchev–Trinajstić information content (AvgIpc) is 2.50. The molecule has 0 heterocycles. The molecule has 5 heteroatoms. The molecule has 0 aliphatic heterocycles. The van der Waals surface area contributed by atoms with Crippen LogP contribution in [0, 0.1) is 6.92 Å². The van der Waals surface area contributed by atoms with Gasteiger partial charge in [-0.2, -0.15) is 5.10 Å². The van der Waals surface area contributed by atoms with Gasteiger partial charge < -0.3 is 5.32 Å². The standard InChI is InChI=1S/C16H15N3O2/c1-12-7-9-13(10-8-12)11-17-19-16(21)15(20)18-14-5-3-2-4-6-14/h2-11H,1H3,(H,18,20)(H,19,21)/b17-11+. The van der Waals surface area contributed by atoms with Crippen LogP contribution in [0.2, 0.25) is 0 Å². The fraction of sp³-hybridized carbons (Fsp3) is 0.0625. The summed E-state index contributed by atoms with van der Waals surface area (Å²) < 4.78 is 0. The molecule has 0 saturated carbocycles. The second-order valence-corrected chi connectivity index (χ2v) is 4.43. The van der Waals surface area contributed by atoms with Crippen LogP contribution < -0.4 is 10.7 Å². The van der Waals surface area contributed by atoms with Crippen molar-refractivity contribution in [3.05, 3.63) is 65.7 Å². The molecule has 0 spiro atoms. The minimum atomic E-state index is -0.817. The van der Waals surface area contributed by atoms with E-state index in [9.17, 15) is 9.59 Å². The summed E-state index contributed by atoms with van der Waals surface area (Å²) in [5.74, 6) is -1.58. The molecular formula is C16H15N3O2. The van der Waals surface area contributed by atoms with Crippen LogP contribution in [0.3, 0.4) is 0 Å². The van der Waals surface area contributed by atoms with Crippen LogP contribution in [0.5, 0.6) is 0 Å². The van der Waals surface area contributed by atoms with E-state index < -0.39 is 11.8 Å². The number of para-hydroxylation sites is 1. The number of carbonyl (C=O) groups is 2. The second kappa shape index (κ2) is 7.00. The largest absolute Gasteiger partial charge is 0.329 e. The molecule has 2 N–H and O–H groups in total. The molecule has 0 atom stereocenters. The summed E-state index contributed by atoms with van der Waals surface area (Å²) in [6.07, 6.45) is 1.48. The lowest BCUT2D eigenvalue weighted by Gasteiger charge is -2.03. The summed E-state index contributed by atoms with van der Waals surface area (Å²) in [5, 5.41) is 6.22. The summed E-state index contributed by atoms with van der Waals surface area (Å²) in [4.78, 5) is 23.2. The van der Waals surface area contributed by atoms with Gasteiger partial charge in [-0.25, -0.2) is 5.43 Å². The highest BCUT2D eigenvalue weighted by atomic mass is 16.2. The quantitative estimate of drug-likeness (QED) is 0.514. The molecule has 0 bridgehead atoms. The number of hydrogen-bond donors (Lipinski definition) is 2. The molecule has 2 rings (SSSR count). The number of amides is 2. The van der Waals surface area contributed by atoms with Gasteiger partial charge in [0.15, 0.2) is 0 Å². The zero-order valence-corrected chi connectivity index (χ0v) is 11.5. The number of nitrogens with zero attached hydrogens (tertiary/aromatic N) is 1. The molecule has 0 aromatic heterocycles. The lowest BCUT2D eigenvalue weighted by atomic mass is 10.2. The van der Waals surface area contributed by atoms with Crippen molar-refractivity contribution in [2.24, 2.45) is 5.10 Å². The number of hydrogen-bond acceptors (Lipinski definition) is 3. The van der Waals surface area contributed by atoms with Crippen LogP contribution in [-0.2, 0) is 9.59 Å². The van der Waals surface area contributed by atoms with Gasteiger partial charge in [0.2, 0.25) is 0 Å². The molecule has 0 aliphatic carbocycles. The third kappa shape index (κ3) is 4.58. The Bertz CT molecular complexity index is 649. The zero-order chi connectivity index (χ0) is 15.1. The van der Waals surface area contributed by atoms with Gasteiger partial charge >= 0.3 is 11.8 Å². The van der Waals surface area contributed by atoms with E-state index in [1.54, 1.807) is 24.3 Å². The van der Waals surface area contributed by atoms with E-state index in [1.165, 1.54) is 6.21 Å². The molecule has 2 aromatic carbocycles. The van der Waals surface area contributed by atoms with Crippen LogP contribution >= 0.6 is 0 Å². The minimum Gasteiger partial charge on any atom is -0.318 e. The summed E-state index contributed by atoms with van der Waals surface area (Å²) in [6.45, 7) is 1.98. The average molecular weight is 281 g/mol. The highest BCUT2D eigenvalue weighted by molar-refractivity contribution is 6.39. The maximum Gasteiger partial charge on any atom is 0.329 e. The van der Waals surface area contributed by atoms with Crippen molar-refractivity contribution < 1.29 is 9.59 Å². The molecule has 2 amide bonds. The van der Waals surface area contributed by atoms with Gasteiger partial charge in [0.05, 0.1) is 6.21 Å². The first kappa shape index (κ1) is 14.5. The minimum absolute atomic E-state index is 0.556. The van der Waals surface area contributed by atoms with Gasteiger partial charge in [-0.15, -0.1) is 0 Å². The van der Waals surface area contributed by atoms with Crippen molar-refractivity contribution in [3.8, 4) is 0 Å². The fourth-order valence-corrected chi connectivity index (χ4v) is 1.58. The van der Waals surface area contributed by atoms with Crippen LogP contribution in [0.25, 0.3) is 0 Å². The van der Waals surface area contributed by atoms with Crippen molar-refractivity contribution >= 4 is 23.7 Å². The van der Waals surface area contributed by atoms with Crippen molar-refractivity contribution in [3.63, 3.8) is 0 Å². The van der Waals surface area contributed by atoms with E-state index in [1.807, 2.05) is 37.3 Å². The second-order valence-electron chi connectivity index (χ2n) is 4.43. The van der Waals surface area contributed by atoms with Crippen molar-refractivity contribution in [1.29, 1.82) is 0 Å². The molecule has 21 heavy (non-hydrogen) atoms. The number of rotatable bonds is 3. The Morgan fingerprint density at radius 1 is 0.952 bits per heavy atom. The first-order valence-corrected chi connectivity index (χ1v) is 6.41. The first-order valence-electron chi connectivity index (χ1n) is 6.41. The number of aryl methyl sites for hydroxylation is 1. The van der Waals surface area contributed by atoms with E-state index in [4.69, 9.17) is 0 Å². The normalized spacial score (nSPS) is 10.3. The fourth-order valence-electron chi connectivity index (χ4n) is 1.58.